The van der Waals surface area contributed by atoms with Crippen LogP contribution in [-0.4, -0.2) is 59.2 Å². The summed E-state index contributed by atoms with van der Waals surface area (Å²) in [6.45, 7) is 1.05. The number of aliphatic imine (C=N–C) groups is 1. The molecule has 0 atom stereocenters. The molecule has 150 valence electrons. The first kappa shape index (κ1) is 19.9. The van der Waals surface area contributed by atoms with E-state index < -0.39 is 0 Å². The smallest absolute Gasteiger partial charge is 0.230 e. The number of nitrogens with zero attached hydrogens (tertiary/aromatic N) is 5. The van der Waals surface area contributed by atoms with Gasteiger partial charge in [-0.25, -0.2) is 0 Å². The van der Waals surface area contributed by atoms with Crippen LogP contribution < -0.4 is 10.6 Å². The van der Waals surface area contributed by atoms with E-state index in [9.17, 15) is 4.79 Å². The zero-order chi connectivity index (χ0) is 20.0. The minimum atomic E-state index is -0.342. The van der Waals surface area contributed by atoms with Crippen LogP contribution >= 0.6 is 0 Å². The molecule has 0 aliphatic heterocycles. The SMILES string of the molecule is CN=C(NCc1nncn1-c1ccccc1)NCC1(C(=O)N(C)C)CCCC1. The largest absolute Gasteiger partial charge is 0.355 e. The minimum absolute atomic E-state index is 0.191. The van der Waals surface area contributed by atoms with Crippen LogP contribution in [0.3, 0.4) is 0 Å². The Morgan fingerprint density at radius 1 is 1.21 bits per heavy atom. The average molecular weight is 384 g/mol. The average Bonchev–Trinajstić information content (AvgIpc) is 3.38. The number of carbonyl (C=O) groups is 1. The van der Waals surface area contributed by atoms with Gasteiger partial charge in [-0.05, 0) is 25.0 Å². The molecule has 2 N–H and O–H groups in total. The highest BCUT2D eigenvalue weighted by Crippen LogP contribution is 2.38. The van der Waals surface area contributed by atoms with E-state index in [0.717, 1.165) is 37.2 Å². The lowest BCUT2D eigenvalue weighted by Crippen LogP contribution is -2.49. The molecule has 8 heteroatoms. The van der Waals surface area contributed by atoms with Crippen LogP contribution in [0.5, 0.6) is 0 Å². The van der Waals surface area contributed by atoms with E-state index in [1.54, 1.807) is 18.3 Å². The van der Waals surface area contributed by atoms with Crippen LogP contribution in [0.4, 0.5) is 0 Å². The summed E-state index contributed by atoms with van der Waals surface area (Å²) in [4.78, 5) is 18.7. The van der Waals surface area contributed by atoms with Gasteiger partial charge < -0.3 is 15.5 Å². The van der Waals surface area contributed by atoms with E-state index in [0.29, 0.717) is 19.0 Å². The number of amides is 1. The first-order chi connectivity index (χ1) is 13.6. The Balaban J connectivity index is 1.62. The predicted molar refractivity (Wildman–Crippen MR) is 109 cm³/mol. The topological polar surface area (TPSA) is 87.4 Å². The lowest BCUT2D eigenvalue weighted by atomic mass is 9.84. The molecule has 28 heavy (non-hydrogen) atoms. The number of rotatable bonds is 6. The van der Waals surface area contributed by atoms with Crippen molar-refractivity contribution >= 4 is 11.9 Å². The molecule has 2 aromatic rings. The number of carbonyl (C=O) groups excluding carboxylic acids is 1. The Morgan fingerprint density at radius 2 is 1.93 bits per heavy atom. The van der Waals surface area contributed by atoms with Gasteiger partial charge in [0.05, 0.1) is 12.0 Å². The van der Waals surface area contributed by atoms with E-state index in [1.165, 1.54) is 0 Å². The molecule has 8 nitrogen and oxygen atoms in total. The number of para-hydroxylation sites is 1. The predicted octanol–water partition coefficient (Wildman–Crippen LogP) is 1.58. The van der Waals surface area contributed by atoms with Crippen molar-refractivity contribution in [2.45, 2.75) is 32.2 Å². The quantitative estimate of drug-likeness (QED) is 0.584. The molecule has 0 spiro atoms. The van der Waals surface area contributed by atoms with Crippen molar-refractivity contribution in [2.75, 3.05) is 27.7 Å². The molecule has 0 saturated heterocycles. The molecule has 0 bridgehead atoms. The molecule has 1 fully saturated rings. The lowest BCUT2D eigenvalue weighted by Gasteiger charge is -2.31. The molecule has 1 aliphatic rings. The monoisotopic (exact) mass is 383 g/mol. The molecular weight excluding hydrogens is 354 g/mol. The van der Waals surface area contributed by atoms with Gasteiger partial charge in [0.2, 0.25) is 5.91 Å². The number of nitrogens with one attached hydrogen (secondary N) is 2. The third-order valence-electron chi connectivity index (χ3n) is 5.31. The number of hydrogen-bond donors (Lipinski definition) is 2. The molecule has 1 aliphatic carbocycles. The van der Waals surface area contributed by atoms with Gasteiger partial charge in [0, 0.05) is 33.4 Å². The van der Waals surface area contributed by atoms with Crippen molar-refractivity contribution in [3.8, 4) is 5.69 Å². The maximum atomic E-state index is 12.7. The summed E-state index contributed by atoms with van der Waals surface area (Å²) < 4.78 is 1.94. The summed E-state index contributed by atoms with van der Waals surface area (Å²) >= 11 is 0. The third kappa shape index (κ3) is 4.32. The van der Waals surface area contributed by atoms with Crippen molar-refractivity contribution in [1.29, 1.82) is 0 Å². The van der Waals surface area contributed by atoms with Gasteiger partial charge in [0.15, 0.2) is 11.8 Å². The van der Waals surface area contributed by atoms with E-state index in [1.807, 2.05) is 49.0 Å². The number of aromatic nitrogens is 3. The summed E-state index contributed by atoms with van der Waals surface area (Å²) in [5.41, 5.74) is 0.666. The first-order valence-electron chi connectivity index (χ1n) is 9.66. The second-order valence-corrected chi connectivity index (χ2v) is 7.42. The van der Waals surface area contributed by atoms with Crippen LogP contribution in [0, 0.1) is 5.41 Å². The standard InChI is InChI=1S/C20H29N7O/c1-21-19(23-14-20(11-7-8-12-20)18(28)26(2)3)22-13-17-25-24-15-27(17)16-9-5-4-6-10-16/h4-6,9-10,15H,7-8,11-14H2,1-3H3,(H2,21,22,23). The number of hydrogen-bond acceptors (Lipinski definition) is 4. The second-order valence-electron chi connectivity index (χ2n) is 7.42. The summed E-state index contributed by atoms with van der Waals surface area (Å²) in [5.74, 6) is 1.63. The highest BCUT2D eigenvalue weighted by Gasteiger charge is 2.42. The van der Waals surface area contributed by atoms with Crippen molar-refractivity contribution < 1.29 is 4.79 Å². The van der Waals surface area contributed by atoms with Gasteiger partial charge in [-0.1, -0.05) is 31.0 Å². The van der Waals surface area contributed by atoms with E-state index in [-0.39, 0.29) is 11.3 Å². The fourth-order valence-electron chi connectivity index (χ4n) is 3.81. The Morgan fingerprint density at radius 3 is 2.57 bits per heavy atom. The maximum Gasteiger partial charge on any atom is 0.230 e. The summed E-state index contributed by atoms with van der Waals surface area (Å²) in [6.07, 6.45) is 5.71. The van der Waals surface area contributed by atoms with Crippen molar-refractivity contribution in [3.05, 3.63) is 42.5 Å². The fourth-order valence-corrected chi connectivity index (χ4v) is 3.81. The van der Waals surface area contributed by atoms with Gasteiger partial charge in [-0.2, -0.15) is 0 Å². The Hall–Kier alpha value is -2.90. The van der Waals surface area contributed by atoms with Crippen molar-refractivity contribution in [2.24, 2.45) is 10.4 Å². The molecule has 3 rings (SSSR count). The molecule has 0 radical (unpaired) electrons. The van der Waals surface area contributed by atoms with Crippen LogP contribution in [0.25, 0.3) is 5.69 Å². The molecule has 1 amide bonds. The van der Waals surface area contributed by atoms with Gasteiger partial charge in [0.1, 0.15) is 6.33 Å². The van der Waals surface area contributed by atoms with Gasteiger partial charge in [-0.15, -0.1) is 10.2 Å². The van der Waals surface area contributed by atoms with Crippen molar-refractivity contribution in [1.82, 2.24) is 30.3 Å². The van der Waals surface area contributed by atoms with Gasteiger partial charge in [-0.3, -0.25) is 14.4 Å². The minimum Gasteiger partial charge on any atom is -0.355 e. The zero-order valence-electron chi connectivity index (χ0n) is 16.9. The Bertz CT molecular complexity index is 807. The molecule has 1 heterocycles. The maximum absolute atomic E-state index is 12.7. The lowest BCUT2D eigenvalue weighted by molar-refractivity contribution is -0.138. The second kappa shape index (κ2) is 8.86. The third-order valence-corrected chi connectivity index (χ3v) is 5.31. The highest BCUT2D eigenvalue weighted by atomic mass is 16.2. The molecule has 1 aromatic heterocycles. The van der Waals surface area contributed by atoms with Gasteiger partial charge >= 0.3 is 0 Å². The van der Waals surface area contributed by atoms with Crippen molar-refractivity contribution in [3.63, 3.8) is 0 Å². The molecule has 1 aromatic carbocycles. The summed E-state index contributed by atoms with van der Waals surface area (Å²) in [6, 6.07) is 9.96. The molecule has 0 unspecified atom stereocenters. The molecular formula is C20H29N7O. The molecule has 1 saturated carbocycles. The van der Waals surface area contributed by atoms with E-state index in [4.69, 9.17) is 0 Å². The highest BCUT2D eigenvalue weighted by molar-refractivity contribution is 5.85. The Labute approximate surface area is 166 Å². The van der Waals surface area contributed by atoms with Crippen LogP contribution in [-0.2, 0) is 11.3 Å². The van der Waals surface area contributed by atoms with E-state index in [2.05, 4.69) is 25.8 Å². The normalized spacial score (nSPS) is 16.0. The van der Waals surface area contributed by atoms with Crippen LogP contribution in [0.2, 0.25) is 0 Å². The number of benzene rings is 1. The summed E-state index contributed by atoms with van der Waals surface area (Å²) in [5, 5.41) is 14.9. The van der Waals surface area contributed by atoms with E-state index >= 15 is 0 Å². The Kier molecular flexibility index (Phi) is 6.28. The number of guanidine groups is 1. The van der Waals surface area contributed by atoms with Crippen LogP contribution in [0.1, 0.15) is 31.5 Å². The fraction of sp³-hybridized carbons (Fsp3) is 0.500. The van der Waals surface area contributed by atoms with Crippen LogP contribution in [0.15, 0.2) is 41.7 Å². The zero-order valence-corrected chi connectivity index (χ0v) is 16.9. The summed E-state index contributed by atoms with van der Waals surface area (Å²) in [7, 11) is 5.38. The van der Waals surface area contributed by atoms with Gasteiger partial charge in [0.25, 0.3) is 0 Å². The first-order valence-corrected chi connectivity index (χ1v) is 9.66.